The van der Waals surface area contributed by atoms with E-state index in [1.807, 2.05) is 44.8 Å². The van der Waals surface area contributed by atoms with Crippen molar-refractivity contribution in [3.63, 3.8) is 0 Å². The SMILES string of the molecule is CCC(=O)Nc1c2c(nn1C)N(c1c(C)cc(C)cc1Cl)CCC2.CCCNc1c2c(nn1C)N(c1c(C)cc(C)cc1Cl)CCC2. The van der Waals surface area contributed by atoms with E-state index in [-0.39, 0.29) is 5.91 Å². The molecule has 6 rings (SSSR count). The highest BCUT2D eigenvalue weighted by Crippen LogP contribution is 2.43. The van der Waals surface area contributed by atoms with Crippen molar-refractivity contribution in [3.05, 3.63) is 67.7 Å². The summed E-state index contributed by atoms with van der Waals surface area (Å²) in [5, 5.41) is 17.5. The normalized spacial score (nSPS) is 13.9. The summed E-state index contributed by atoms with van der Waals surface area (Å²) in [4.78, 5) is 16.3. The molecule has 2 aromatic carbocycles. The van der Waals surface area contributed by atoms with Crippen LogP contribution in [0.3, 0.4) is 0 Å². The Morgan fingerprint density at radius 3 is 1.68 bits per heavy atom. The topological polar surface area (TPSA) is 83.3 Å². The lowest BCUT2D eigenvalue weighted by Crippen LogP contribution is -2.26. The lowest BCUT2D eigenvalue weighted by Gasteiger charge is -2.30. The molecule has 0 atom stereocenters. The Kier molecular flexibility index (Phi) is 10.8. The summed E-state index contributed by atoms with van der Waals surface area (Å²) in [5.41, 5.74) is 9.18. The summed E-state index contributed by atoms with van der Waals surface area (Å²) >= 11 is 13.1. The second-order valence-corrected chi connectivity index (χ2v) is 13.5. The van der Waals surface area contributed by atoms with E-state index in [1.54, 1.807) is 4.68 Å². The lowest BCUT2D eigenvalue weighted by molar-refractivity contribution is -0.115. The second kappa shape index (κ2) is 14.6. The molecule has 0 bridgehead atoms. The molecule has 0 radical (unpaired) electrons. The van der Waals surface area contributed by atoms with Gasteiger partial charge in [-0.2, -0.15) is 10.2 Å². The van der Waals surface area contributed by atoms with Gasteiger partial charge < -0.3 is 20.4 Å². The monoisotopic (exact) mass is 678 g/mol. The van der Waals surface area contributed by atoms with E-state index in [1.165, 1.54) is 16.7 Å². The maximum Gasteiger partial charge on any atom is 0.225 e. The number of hydrogen-bond acceptors (Lipinski definition) is 6. The van der Waals surface area contributed by atoms with Gasteiger partial charge in [0, 0.05) is 51.3 Å². The van der Waals surface area contributed by atoms with Gasteiger partial charge in [-0.05, 0) is 94.2 Å². The third-order valence-electron chi connectivity index (χ3n) is 8.83. The Hall–Kier alpha value is -3.69. The van der Waals surface area contributed by atoms with Crippen LogP contribution in [0.2, 0.25) is 10.0 Å². The van der Waals surface area contributed by atoms with Crippen molar-refractivity contribution in [1.29, 1.82) is 0 Å². The molecule has 4 heterocycles. The minimum Gasteiger partial charge on any atom is -0.370 e. The molecule has 1 amide bonds. The predicted molar refractivity (Wildman–Crippen MR) is 197 cm³/mol. The van der Waals surface area contributed by atoms with Crippen molar-refractivity contribution in [2.24, 2.45) is 14.1 Å². The molecule has 2 N–H and O–H groups in total. The van der Waals surface area contributed by atoms with Crippen LogP contribution in [0.25, 0.3) is 0 Å². The number of fused-ring (bicyclic) bond motifs is 2. The summed E-state index contributed by atoms with van der Waals surface area (Å²) in [5.74, 6) is 3.88. The fourth-order valence-corrected chi connectivity index (χ4v) is 7.66. The maximum absolute atomic E-state index is 11.8. The summed E-state index contributed by atoms with van der Waals surface area (Å²) in [6.07, 6.45) is 5.63. The van der Waals surface area contributed by atoms with Crippen molar-refractivity contribution in [3.8, 4) is 0 Å². The molecule has 2 aliphatic heterocycles. The standard InChI is InChI=1S/C18H23ClN4O.C18H25ClN4/c1-5-15(24)20-17-13-7-6-8-23(18(13)21-22(17)4)16-12(3)9-11(2)10-14(16)19;1-5-8-20-17-14-7-6-9-23(18(14)21-22(17)4)16-13(3)10-12(2)11-15(16)19/h9-10H,5-8H2,1-4H3,(H,20,24);10-11,20H,5-9H2,1-4H3. The highest BCUT2D eigenvalue weighted by Gasteiger charge is 2.30. The molecule has 2 aromatic heterocycles. The van der Waals surface area contributed by atoms with Crippen LogP contribution in [0.15, 0.2) is 24.3 Å². The molecule has 0 unspecified atom stereocenters. The number of hydrogen-bond donors (Lipinski definition) is 2. The number of benzene rings is 2. The van der Waals surface area contributed by atoms with E-state index in [0.717, 1.165) is 113 Å². The fraction of sp³-hybridized carbons (Fsp3) is 0.472. The average molecular weight is 680 g/mol. The van der Waals surface area contributed by atoms with Crippen LogP contribution in [0.1, 0.15) is 72.9 Å². The largest absolute Gasteiger partial charge is 0.370 e. The minimum atomic E-state index is 0.00229. The van der Waals surface area contributed by atoms with Crippen molar-refractivity contribution < 1.29 is 4.79 Å². The zero-order valence-electron chi connectivity index (χ0n) is 29.0. The molecule has 11 heteroatoms. The quantitative estimate of drug-likeness (QED) is 0.203. The summed E-state index contributed by atoms with van der Waals surface area (Å²) in [6.45, 7) is 15.2. The first kappa shape index (κ1) is 34.6. The number of nitrogens with one attached hydrogen (secondary N) is 2. The molecule has 0 saturated carbocycles. The number of aryl methyl sites for hydroxylation is 6. The second-order valence-electron chi connectivity index (χ2n) is 12.7. The lowest BCUT2D eigenvalue weighted by atomic mass is 10.0. The number of carbonyl (C=O) groups excluding carboxylic acids is 1. The Bertz CT molecular complexity index is 1730. The van der Waals surface area contributed by atoms with Gasteiger partial charge >= 0.3 is 0 Å². The third kappa shape index (κ3) is 7.11. The summed E-state index contributed by atoms with van der Waals surface area (Å²) in [6, 6.07) is 8.35. The van der Waals surface area contributed by atoms with Crippen LogP contribution in [0, 0.1) is 27.7 Å². The van der Waals surface area contributed by atoms with E-state index in [0.29, 0.717) is 6.42 Å². The predicted octanol–water partition coefficient (Wildman–Crippen LogP) is 8.72. The van der Waals surface area contributed by atoms with E-state index < -0.39 is 0 Å². The van der Waals surface area contributed by atoms with Gasteiger partial charge in [0.25, 0.3) is 0 Å². The smallest absolute Gasteiger partial charge is 0.225 e. The van der Waals surface area contributed by atoms with Crippen LogP contribution in [0.5, 0.6) is 0 Å². The van der Waals surface area contributed by atoms with Crippen LogP contribution in [-0.4, -0.2) is 45.1 Å². The molecule has 0 aliphatic carbocycles. The van der Waals surface area contributed by atoms with Gasteiger partial charge in [-0.25, -0.2) is 0 Å². The van der Waals surface area contributed by atoms with Crippen molar-refractivity contribution in [2.75, 3.05) is 40.1 Å². The highest BCUT2D eigenvalue weighted by molar-refractivity contribution is 6.34. The highest BCUT2D eigenvalue weighted by atomic mass is 35.5. The van der Waals surface area contributed by atoms with Gasteiger partial charge in [0.05, 0.1) is 21.4 Å². The van der Waals surface area contributed by atoms with E-state index >= 15 is 0 Å². The van der Waals surface area contributed by atoms with E-state index in [2.05, 4.69) is 65.4 Å². The van der Waals surface area contributed by atoms with Crippen molar-refractivity contribution >= 4 is 63.8 Å². The van der Waals surface area contributed by atoms with E-state index in [9.17, 15) is 4.79 Å². The number of nitrogens with zero attached hydrogens (tertiary/aromatic N) is 6. The van der Waals surface area contributed by atoms with Crippen LogP contribution < -0.4 is 20.4 Å². The molecular formula is C36H48Cl2N8O. The third-order valence-corrected chi connectivity index (χ3v) is 9.41. The first-order valence-electron chi connectivity index (χ1n) is 16.7. The molecule has 252 valence electrons. The van der Waals surface area contributed by atoms with Gasteiger partial charge in [-0.3, -0.25) is 14.2 Å². The Morgan fingerprint density at radius 2 is 1.23 bits per heavy atom. The Morgan fingerprint density at radius 1 is 0.766 bits per heavy atom. The number of anilines is 6. The average Bonchev–Trinajstić information content (AvgIpc) is 3.51. The van der Waals surface area contributed by atoms with Crippen molar-refractivity contribution in [2.45, 2.75) is 80.1 Å². The Balaban J connectivity index is 0.000000185. The molecule has 0 fully saturated rings. The Labute approximate surface area is 289 Å². The molecule has 9 nitrogen and oxygen atoms in total. The number of amides is 1. The molecule has 47 heavy (non-hydrogen) atoms. The van der Waals surface area contributed by atoms with Gasteiger partial charge in [0.1, 0.15) is 11.6 Å². The van der Waals surface area contributed by atoms with Crippen LogP contribution in [0.4, 0.5) is 34.6 Å². The molecular weight excluding hydrogens is 631 g/mol. The number of aromatic nitrogens is 4. The van der Waals surface area contributed by atoms with Gasteiger partial charge in [0.2, 0.25) is 5.91 Å². The van der Waals surface area contributed by atoms with E-state index in [4.69, 9.17) is 28.3 Å². The summed E-state index contributed by atoms with van der Waals surface area (Å²) in [7, 11) is 3.88. The van der Waals surface area contributed by atoms with Crippen LogP contribution >= 0.6 is 23.2 Å². The molecule has 2 aliphatic rings. The van der Waals surface area contributed by atoms with Gasteiger partial charge in [-0.1, -0.05) is 49.2 Å². The van der Waals surface area contributed by atoms with Crippen molar-refractivity contribution in [1.82, 2.24) is 19.6 Å². The first-order valence-corrected chi connectivity index (χ1v) is 17.4. The molecule has 0 saturated heterocycles. The zero-order valence-corrected chi connectivity index (χ0v) is 30.5. The number of carbonyl (C=O) groups is 1. The number of halogens is 2. The summed E-state index contributed by atoms with van der Waals surface area (Å²) < 4.78 is 3.73. The number of rotatable bonds is 7. The molecule has 4 aromatic rings. The minimum absolute atomic E-state index is 0.00229. The first-order chi connectivity index (χ1) is 22.4. The zero-order chi connectivity index (χ0) is 34.0. The van der Waals surface area contributed by atoms with Gasteiger partial charge in [0.15, 0.2) is 11.6 Å². The maximum atomic E-state index is 11.8. The fourth-order valence-electron chi connectivity index (χ4n) is 6.82. The van der Waals surface area contributed by atoms with Crippen LogP contribution in [-0.2, 0) is 31.7 Å². The molecule has 0 spiro atoms. The van der Waals surface area contributed by atoms with Gasteiger partial charge in [-0.15, -0.1) is 0 Å².